The van der Waals surface area contributed by atoms with Gasteiger partial charge < -0.3 is 11.5 Å². The summed E-state index contributed by atoms with van der Waals surface area (Å²) < 4.78 is 0. The summed E-state index contributed by atoms with van der Waals surface area (Å²) in [5.74, 6) is -0.198. The molecule has 0 unspecified atom stereocenters. The molecule has 4 rings (SSSR count). The largest absolute Gasteiger partial charge is 0.370 e. The number of aromatic nitrogens is 1. The Labute approximate surface area is 155 Å². The number of fused-ring (bicyclic) bond motifs is 1. The van der Waals surface area contributed by atoms with Crippen molar-refractivity contribution in [2.45, 2.75) is 18.8 Å². The lowest BCUT2D eigenvalue weighted by molar-refractivity contribution is 0.100. The summed E-state index contributed by atoms with van der Waals surface area (Å²) in [7, 11) is 0. The number of nitrogens with two attached hydrogens (primary N) is 2. The predicted octanol–water partition coefficient (Wildman–Crippen LogP) is 3.85. The van der Waals surface area contributed by atoms with Crippen molar-refractivity contribution in [3.63, 3.8) is 0 Å². The number of carbonyl (C=O) groups is 1. The number of nitrogens with zero attached hydrogens (tertiary/aromatic N) is 2. The van der Waals surface area contributed by atoms with Gasteiger partial charge in [-0.3, -0.25) is 9.78 Å². The molecule has 0 radical (unpaired) electrons. The van der Waals surface area contributed by atoms with Crippen LogP contribution < -0.4 is 11.5 Å². The summed E-state index contributed by atoms with van der Waals surface area (Å²) in [5.41, 5.74) is 14.0. The van der Waals surface area contributed by atoms with Gasteiger partial charge in [-0.25, -0.2) is 0 Å². The molecular weight excluding hydrogens is 348 g/mol. The van der Waals surface area contributed by atoms with E-state index in [4.69, 9.17) is 23.1 Å². The van der Waals surface area contributed by atoms with Crippen LogP contribution in [0.1, 0.15) is 34.8 Å². The Morgan fingerprint density at radius 1 is 1.12 bits per heavy atom. The monoisotopic (exact) mass is 364 g/mol. The van der Waals surface area contributed by atoms with E-state index in [1.165, 1.54) is 12.8 Å². The third-order valence-corrected chi connectivity index (χ3v) is 4.82. The lowest BCUT2D eigenvalue weighted by Crippen LogP contribution is -2.24. The van der Waals surface area contributed by atoms with Crippen LogP contribution in [-0.2, 0) is 0 Å². The average molecular weight is 365 g/mol. The quantitative estimate of drug-likeness (QED) is 0.545. The molecule has 4 N–H and O–H groups in total. The first-order valence-corrected chi connectivity index (χ1v) is 8.73. The minimum Gasteiger partial charge on any atom is -0.370 e. The van der Waals surface area contributed by atoms with Gasteiger partial charge in [0.25, 0.3) is 5.91 Å². The van der Waals surface area contributed by atoms with E-state index >= 15 is 0 Å². The fraction of sp³-hybridized carbons (Fsp3) is 0.150. The molecular formula is C20H17ClN4O. The molecule has 0 bridgehead atoms. The minimum absolute atomic E-state index is 0.255. The first-order valence-electron chi connectivity index (χ1n) is 8.35. The Bertz CT molecular complexity index is 1050. The van der Waals surface area contributed by atoms with Gasteiger partial charge in [0.1, 0.15) is 0 Å². The maximum Gasteiger partial charge on any atom is 0.280 e. The molecule has 1 aromatic heterocycles. The molecule has 6 heteroatoms. The van der Waals surface area contributed by atoms with Crippen LogP contribution in [0.25, 0.3) is 21.9 Å². The summed E-state index contributed by atoms with van der Waals surface area (Å²) >= 11 is 6.44. The molecule has 0 aliphatic heterocycles. The molecule has 26 heavy (non-hydrogen) atoms. The van der Waals surface area contributed by atoms with E-state index in [2.05, 4.69) is 16.0 Å². The second-order valence-corrected chi connectivity index (χ2v) is 6.85. The molecule has 0 saturated heterocycles. The van der Waals surface area contributed by atoms with Gasteiger partial charge in [-0.05, 0) is 47.4 Å². The van der Waals surface area contributed by atoms with Crippen molar-refractivity contribution in [2.24, 2.45) is 16.5 Å². The van der Waals surface area contributed by atoms with E-state index in [1.807, 2.05) is 24.3 Å². The van der Waals surface area contributed by atoms with Crippen LogP contribution in [0.5, 0.6) is 0 Å². The Kier molecular flexibility index (Phi) is 4.09. The van der Waals surface area contributed by atoms with Crippen LogP contribution in [-0.4, -0.2) is 16.9 Å². The van der Waals surface area contributed by atoms with E-state index < -0.39 is 5.91 Å². The van der Waals surface area contributed by atoms with Gasteiger partial charge >= 0.3 is 0 Å². The molecule has 1 aliphatic rings. The molecule has 1 saturated carbocycles. The molecule has 1 aliphatic carbocycles. The van der Waals surface area contributed by atoms with Gasteiger partial charge in [-0.15, -0.1) is 0 Å². The number of rotatable bonds is 3. The SMILES string of the molecule is NC(N)=NC(=O)c1ccc2cccc(-c3cc(C4CC4)ncc3Cl)c2c1. The van der Waals surface area contributed by atoms with E-state index in [-0.39, 0.29) is 5.96 Å². The highest BCUT2D eigenvalue weighted by molar-refractivity contribution is 6.33. The minimum atomic E-state index is -0.471. The first kappa shape index (κ1) is 16.5. The number of benzene rings is 2. The van der Waals surface area contributed by atoms with E-state index in [1.54, 1.807) is 18.3 Å². The van der Waals surface area contributed by atoms with Crippen molar-refractivity contribution < 1.29 is 4.79 Å². The molecule has 5 nitrogen and oxygen atoms in total. The van der Waals surface area contributed by atoms with Gasteiger partial charge in [0.05, 0.1) is 5.02 Å². The zero-order chi connectivity index (χ0) is 18.3. The maximum absolute atomic E-state index is 12.2. The van der Waals surface area contributed by atoms with E-state index in [0.29, 0.717) is 16.5 Å². The fourth-order valence-electron chi connectivity index (χ4n) is 3.09. The average Bonchev–Trinajstić information content (AvgIpc) is 3.46. The molecule has 1 fully saturated rings. The third-order valence-electron chi connectivity index (χ3n) is 4.52. The number of hydrogen-bond donors (Lipinski definition) is 2. The van der Waals surface area contributed by atoms with Crippen LogP contribution in [0.3, 0.4) is 0 Å². The number of carbonyl (C=O) groups excluding carboxylic acids is 1. The highest BCUT2D eigenvalue weighted by Crippen LogP contribution is 2.42. The summed E-state index contributed by atoms with van der Waals surface area (Å²) in [6.07, 6.45) is 4.04. The smallest absolute Gasteiger partial charge is 0.280 e. The van der Waals surface area contributed by atoms with Crippen LogP contribution >= 0.6 is 11.6 Å². The molecule has 1 heterocycles. The van der Waals surface area contributed by atoms with Gasteiger partial charge in [0.2, 0.25) is 0 Å². The van der Waals surface area contributed by atoms with Crippen molar-refractivity contribution in [1.29, 1.82) is 0 Å². The number of halogens is 1. The van der Waals surface area contributed by atoms with Gasteiger partial charge in [0.15, 0.2) is 5.96 Å². The Morgan fingerprint density at radius 3 is 2.65 bits per heavy atom. The number of hydrogen-bond acceptors (Lipinski definition) is 2. The summed E-state index contributed by atoms with van der Waals surface area (Å²) in [6.45, 7) is 0. The maximum atomic E-state index is 12.2. The molecule has 3 aromatic rings. The number of guanidine groups is 1. The van der Waals surface area contributed by atoms with Crippen molar-refractivity contribution >= 4 is 34.2 Å². The lowest BCUT2D eigenvalue weighted by Gasteiger charge is -2.11. The lowest BCUT2D eigenvalue weighted by atomic mass is 9.96. The second kappa shape index (κ2) is 6.42. The third kappa shape index (κ3) is 3.13. The van der Waals surface area contributed by atoms with Crippen LogP contribution in [0, 0.1) is 0 Å². The molecule has 0 spiro atoms. The van der Waals surface area contributed by atoms with Crippen molar-refractivity contribution in [3.8, 4) is 11.1 Å². The highest BCUT2D eigenvalue weighted by Gasteiger charge is 2.26. The molecule has 0 atom stereocenters. The molecule has 2 aromatic carbocycles. The van der Waals surface area contributed by atoms with Gasteiger partial charge in [0, 0.05) is 28.9 Å². The van der Waals surface area contributed by atoms with E-state index in [0.717, 1.165) is 27.6 Å². The van der Waals surface area contributed by atoms with E-state index in [9.17, 15) is 4.79 Å². The number of amides is 1. The number of pyridine rings is 1. The summed E-state index contributed by atoms with van der Waals surface area (Å²) in [4.78, 5) is 20.3. The molecule has 130 valence electrons. The predicted molar refractivity (Wildman–Crippen MR) is 104 cm³/mol. The zero-order valence-electron chi connectivity index (χ0n) is 13.9. The number of aliphatic imine (C=N–C) groups is 1. The Morgan fingerprint density at radius 2 is 1.92 bits per heavy atom. The van der Waals surface area contributed by atoms with Crippen LogP contribution in [0.15, 0.2) is 53.7 Å². The van der Waals surface area contributed by atoms with Gasteiger partial charge in [-0.1, -0.05) is 35.9 Å². The topological polar surface area (TPSA) is 94.4 Å². The second-order valence-electron chi connectivity index (χ2n) is 6.45. The normalized spacial score (nSPS) is 13.6. The Hall–Kier alpha value is -2.92. The van der Waals surface area contributed by atoms with Crippen molar-refractivity contribution in [3.05, 3.63) is 64.9 Å². The Balaban J connectivity index is 1.89. The van der Waals surface area contributed by atoms with Crippen molar-refractivity contribution in [2.75, 3.05) is 0 Å². The highest BCUT2D eigenvalue weighted by atomic mass is 35.5. The van der Waals surface area contributed by atoms with Gasteiger partial charge in [-0.2, -0.15) is 4.99 Å². The first-order chi connectivity index (χ1) is 12.5. The summed E-state index contributed by atoms with van der Waals surface area (Å²) in [6, 6.07) is 13.4. The fourth-order valence-corrected chi connectivity index (χ4v) is 3.29. The molecule has 1 amide bonds. The van der Waals surface area contributed by atoms with Crippen molar-refractivity contribution in [1.82, 2.24) is 4.98 Å². The summed E-state index contributed by atoms with van der Waals surface area (Å²) in [5, 5.41) is 2.51. The van der Waals surface area contributed by atoms with Crippen LogP contribution in [0.2, 0.25) is 5.02 Å². The van der Waals surface area contributed by atoms with Crippen LogP contribution in [0.4, 0.5) is 0 Å². The zero-order valence-corrected chi connectivity index (χ0v) is 14.7. The standard InChI is InChI=1S/C20H17ClN4O/c21-17-10-24-18(12-5-6-12)9-16(17)14-3-1-2-11-4-7-13(8-15(11)14)19(26)25-20(22)23/h1-4,7-10,12H,5-6H2,(H4,22,23,25,26).